The molecule has 6 nitrogen and oxygen atoms in total. The molecule has 0 radical (unpaired) electrons. The molecule has 0 amide bonds. The van der Waals surface area contributed by atoms with E-state index in [2.05, 4.69) is 9.97 Å². The highest BCUT2D eigenvalue weighted by atomic mass is 19.4. The van der Waals surface area contributed by atoms with E-state index >= 15 is 0 Å². The highest BCUT2D eigenvalue weighted by molar-refractivity contribution is 5.83. The number of benzene rings is 2. The summed E-state index contributed by atoms with van der Waals surface area (Å²) in [6, 6.07) is 11.0. The zero-order valence-corrected chi connectivity index (χ0v) is 11.8. The SMILES string of the molecule is O=[N+]([O-])c1ccc(Oc2nc(C(F)(F)F)nc3ccccc23)cc1. The Morgan fingerprint density at radius 1 is 1.00 bits per heavy atom. The monoisotopic (exact) mass is 335 g/mol. The van der Waals surface area contributed by atoms with Crippen LogP contribution in [-0.2, 0) is 6.18 Å². The van der Waals surface area contributed by atoms with Gasteiger partial charge in [0.15, 0.2) is 0 Å². The Labute approximate surface area is 132 Å². The minimum atomic E-state index is -4.72. The summed E-state index contributed by atoms with van der Waals surface area (Å²) in [6.07, 6.45) is -4.72. The summed E-state index contributed by atoms with van der Waals surface area (Å²) in [5.74, 6) is -1.47. The van der Waals surface area contributed by atoms with Crippen LogP contribution in [0.5, 0.6) is 11.6 Å². The Kier molecular flexibility index (Phi) is 3.76. The zero-order chi connectivity index (χ0) is 17.3. The molecule has 0 bridgehead atoms. The van der Waals surface area contributed by atoms with Gasteiger partial charge in [0.25, 0.3) is 5.69 Å². The third-order valence-corrected chi connectivity index (χ3v) is 3.08. The molecule has 9 heteroatoms. The van der Waals surface area contributed by atoms with Crippen molar-refractivity contribution < 1.29 is 22.8 Å². The molecule has 0 aliphatic carbocycles. The average molecular weight is 335 g/mol. The van der Waals surface area contributed by atoms with E-state index in [1.807, 2.05) is 0 Å². The van der Waals surface area contributed by atoms with E-state index < -0.39 is 16.9 Å². The molecule has 0 saturated heterocycles. The van der Waals surface area contributed by atoms with Crippen LogP contribution in [0.3, 0.4) is 0 Å². The van der Waals surface area contributed by atoms with Gasteiger partial charge in [-0.2, -0.15) is 18.2 Å². The fourth-order valence-electron chi connectivity index (χ4n) is 2.00. The van der Waals surface area contributed by atoms with E-state index in [4.69, 9.17) is 4.74 Å². The minimum Gasteiger partial charge on any atom is -0.438 e. The van der Waals surface area contributed by atoms with Gasteiger partial charge in [0.05, 0.1) is 15.8 Å². The summed E-state index contributed by atoms with van der Waals surface area (Å²) in [5.41, 5.74) is -0.0809. The number of fused-ring (bicyclic) bond motifs is 1. The predicted molar refractivity (Wildman–Crippen MR) is 77.7 cm³/mol. The van der Waals surface area contributed by atoms with Gasteiger partial charge in [-0.3, -0.25) is 10.1 Å². The molecule has 0 fully saturated rings. The van der Waals surface area contributed by atoms with Crippen LogP contribution >= 0.6 is 0 Å². The molecule has 24 heavy (non-hydrogen) atoms. The highest BCUT2D eigenvalue weighted by Gasteiger charge is 2.35. The van der Waals surface area contributed by atoms with E-state index in [1.165, 1.54) is 36.4 Å². The highest BCUT2D eigenvalue weighted by Crippen LogP contribution is 2.33. The van der Waals surface area contributed by atoms with Crippen LogP contribution in [-0.4, -0.2) is 14.9 Å². The van der Waals surface area contributed by atoms with E-state index in [0.29, 0.717) is 5.39 Å². The Morgan fingerprint density at radius 3 is 2.29 bits per heavy atom. The molecule has 0 aliphatic rings. The van der Waals surface area contributed by atoms with Crippen molar-refractivity contribution in [3.05, 3.63) is 64.5 Å². The van der Waals surface area contributed by atoms with Gasteiger partial charge in [-0.05, 0) is 24.3 Å². The summed E-state index contributed by atoms with van der Waals surface area (Å²) >= 11 is 0. The fraction of sp³-hybridized carbons (Fsp3) is 0.0667. The number of alkyl halides is 3. The first-order valence-corrected chi connectivity index (χ1v) is 6.61. The van der Waals surface area contributed by atoms with Crippen LogP contribution < -0.4 is 4.74 Å². The number of rotatable bonds is 3. The molecular formula is C15H8F3N3O3. The van der Waals surface area contributed by atoms with E-state index in [1.54, 1.807) is 12.1 Å². The quantitative estimate of drug-likeness (QED) is 0.525. The second kappa shape index (κ2) is 5.76. The van der Waals surface area contributed by atoms with Crippen LogP contribution in [0, 0.1) is 10.1 Å². The van der Waals surface area contributed by atoms with Gasteiger partial charge in [0.2, 0.25) is 11.7 Å². The summed E-state index contributed by atoms with van der Waals surface area (Å²) in [5, 5.41) is 10.9. The first-order valence-electron chi connectivity index (χ1n) is 6.61. The third-order valence-electron chi connectivity index (χ3n) is 3.08. The van der Waals surface area contributed by atoms with Crippen molar-refractivity contribution in [1.29, 1.82) is 0 Å². The maximum Gasteiger partial charge on any atom is 0.451 e. The van der Waals surface area contributed by atoms with Crippen molar-refractivity contribution in [1.82, 2.24) is 9.97 Å². The van der Waals surface area contributed by atoms with Gasteiger partial charge >= 0.3 is 6.18 Å². The number of halogens is 3. The largest absolute Gasteiger partial charge is 0.451 e. The molecule has 0 N–H and O–H groups in total. The first kappa shape index (κ1) is 15.7. The molecular weight excluding hydrogens is 327 g/mol. The molecule has 1 heterocycles. The van der Waals surface area contributed by atoms with Crippen molar-refractivity contribution in [2.24, 2.45) is 0 Å². The Hall–Kier alpha value is -3.23. The smallest absolute Gasteiger partial charge is 0.438 e. The number of aromatic nitrogens is 2. The molecule has 0 spiro atoms. The topological polar surface area (TPSA) is 78.2 Å². The van der Waals surface area contributed by atoms with Crippen LogP contribution in [0.4, 0.5) is 18.9 Å². The molecule has 2 aromatic carbocycles. The van der Waals surface area contributed by atoms with Crippen LogP contribution in [0.2, 0.25) is 0 Å². The number of ether oxygens (including phenoxy) is 1. The van der Waals surface area contributed by atoms with Crippen molar-refractivity contribution in [3.63, 3.8) is 0 Å². The molecule has 0 unspecified atom stereocenters. The number of hydrogen-bond donors (Lipinski definition) is 0. The predicted octanol–water partition coefficient (Wildman–Crippen LogP) is 4.35. The maximum atomic E-state index is 12.9. The van der Waals surface area contributed by atoms with Crippen LogP contribution in [0.25, 0.3) is 10.9 Å². The van der Waals surface area contributed by atoms with E-state index in [0.717, 1.165) is 0 Å². The first-order chi connectivity index (χ1) is 11.3. The van der Waals surface area contributed by atoms with Crippen molar-refractivity contribution in [3.8, 4) is 11.6 Å². The second-order valence-electron chi connectivity index (χ2n) is 4.72. The number of para-hydroxylation sites is 1. The van der Waals surface area contributed by atoms with Crippen molar-refractivity contribution in [2.75, 3.05) is 0 Å². The van der Waals surface area contributed by atoms with Gasteiger partial charge in [-0.1, -0.05) is 12.1 Å². The molecule has 3 rings (SSSR count). The van der Waals surface area contributed by atoms with Crippen molar-refractivity contribution in [2.45, 2.75) is 6.18 Å². The van der Waals surface area contributed by atoms with Gasteiger partial charge in [0, 0.05) is 12.1 Å². The summed E-state index contributed by atoms with van der Waals surface area (Å²) < 4.78 is 44.2. The third kappa shape index (κ3) is 3.09. The maximum absolute atomic E-state index is 12.9. The lowest BCUT2D eigenvalue weighted by Gasteiger charge is -2.11. The lowest BCUT2D eigenvalue weighted by Crippen LogP contribution is -2.11. The van der Waals surface area contributed by atoms with Gasteiger partial charge in [0.1, 0.15) is 5.75 Å². The number of nitrogens with zero attached hydrogens (tertiary/aromatic N) is 3. The Balaban J connectivity index is 2.05. The zero-order valence-electron chi connectivity index (χ0n) is 11.8. The van der Waals surface area contributed by atoms with Crippen molar-refractivity contribution >= 4 is 16.6 Å². The fourth-order valence-corrected chi connectivity index (χ4v) is 2.00. The molecule has 3 aromatic rings. The average Bonchev–Trinajstić information content (AvgIpc) is 2.54. The summed E-state index contributed by atoms with van der Waals surface area (Å²) in [7, 11) is 0. The molecule has 0 aliphatic heterocycles. The number of nitro benzene ring substituents is 1. The van der Waals surface area contributed by atoms with Gasteiger partial charge < -0.3 is 4.74 Å². The molecule has 0 atom stereocenters. The molecule has 0 saturated carbocycles. The second-order valence-corrected chi connectivity index (χ2v) is 4.72. The number of nitro groups is 1. The van der Waals surface area contributed by atoms with Gasteiger partial charge in [-0.15, -0.1) is 0 Å². The van der Waals surface area contributed by atoms with E-state index in [-0.39, 0.29) is 22.8 Å². The molecule has 122 valence electrons. The standard InChI is InChI=1S/C15H8F3N3O3/c16-15(17,18)14-19-12-4-2-1-3-11(12)13(20-14)24-10-7-5-9(6-8-10)21(22)23/h1-8H. The number of hydrogen-bond acceptors (Lipinski definition) is 5. The molecule has 1 aromatic heterocycles. The lowest BCUT2D eigenvalue weighted by atomic mass is 10.2. The summed E-state index contributed by atoms with van der Waals surface area (Å²) in [4.78, 5) is 16.9. The Morgan fingerprint density at radius 2 is 1.67 bits per heavy atom. The normalized spacial score (nSPS) is 11.5. The summed E-state index contributed by atoms with van der Waals surface area (Å²) in [6.45, 7) is 0. The van der Waals surface area contributed by atoms with Crippen LogP contribution in [0.1, 0.15) is 5.82 Å². The van der Waals surface area contributed by atoms with E-state index in [9.17, 15) is 23.3 Å². The number of non-ortho nitro benzene ring substituents is 1. The lowest BCUT2D eigenvalue weighted by molar-refractivity contribution is -0.384. The van der Waals surface area contributed by atoms with Gasteiger partial charge in [-0.25, -0.2) is 4.98 Å². The minimum absolute atomic E-state index is 0.0803. The Bertz CT molecular complexity index is 911. The van der Waals surface area contributed by atoms with Crippen LogP contribution in [0.15, 0.2) is 48.5 Å².